The summed E-state index contributed by atoms with van der Waals surface area (Å²) in [5.41, 5.74) is 1.37. The lowest BCUT2D eigenvalue weighted by atomic mass is 9.99. The quantitative estimate of drug-likeness (QED) is 0.393. The van der Waals surface area contributed by atoms with Crippen LogP contribution in [0.3, 0.4) is 0 Å². The molecule has 4 amide bonds. The highest BCUT2D eigenvalue weighted by atomic mass is 16.5. The van der Waals surface area contributed by atoms with Crippen molar-refractivity contribution >= 4 is 40.7 Å². The zero-order valence-corrected chi connectivity index (χ0v) is 19.4. The van der Waals surface area contributed by atoms with E-state index in [1.165, 1.54) is 23.1 Å². The summed E-state index contributed by atoms with van der Waals surface area (Å²) in [6.07, 6.45) is 4.82. The number of carboxylic acid groups (broad SMARTS) is 1. The molecule has 2 N–H and O–H groups in total. The number of carbonyl (C=O) groups is 4. The van der Waals surface area contributed by atoms with Crippen LogP contribution >= 0.6 is 0 Å². The molecule has 36 heavy (non-hydrogen) atoms. The first kappa shape index (κ1) is 23.3. The van der Waals surface area contributed by atoms with Gasteiger partial charge in [-0.25, -0.2) is 9.59 Å². The fourth-order valence-corrected chi connectivity index (χ4v) is 4.76. The van der Waals surface area contributed by atoms with Crippen LogP contribution in [0.5, 0.6) is 5.75 Å². The van der Waals surface area contributed by atoms with Gasteiger partial charge in [0.15, 0.2) is 0 Å². The third-order valence-corrected chi connectivity index (χ3v) is 6.64. The Labute approximate surface area is 207 Å². The molecule has 0 atom stereocenters. The number of nitrogens with zero attached hydrogens (tertiary/aromatic N) is 1. The van der Waals surface area contributed by atoms with E-state index < -0.39 is 23.8 Å². The molecule has 1 heterocycles. The zero-order chi connectivity index (χ0) is 25.2. The number of carbonyl (C=O) groups excluding carboxylic acids is 3. The molecule has 3 aromatic rings. The Morgan fingerprint density at radius 1 is 1.00 bits per heavy atom. The van der Waals surface area contributed by atoms with Crippen molar-refractivity contribution in [2.24, 2.45) is 0 Å². The average Bonchev–Trinajstić information content (AvgIpc) is 3.40. The van der Waals surface area contributed by atoms with Gasteiger partial charge in [-0.15, -0.1) is 0 Å². The third-order valence-electron chi connectivity index (χ3n) is 6.64. The van der Waals surface area contributed by atoms with Crippen molar-refractivity contribution in [3.63, 3.8) is 0 Å². The molecule has 1 aliphatic heterocycles. The molecule has 182 valence electrons. The van der Waals surface area contributed by atoms with Gasteiger partial charge in [-0.2, -0.15) is 0 Å². The van der Waals surface area contributed by atoms with E-state index in [0.717, 1.165) is 42.0 Å². The summed E-state index contributed by atoms with van der Waals surface area (Å²) in [6, 6.07) is 16.7. The van der Waals surface area contributed by atoms with Gasteiger partial charge in [-0.3, -0.25) is 19.8 Å². The zero-order valence-electron chi connectivity index (χ0n) is 19.4. The number of amides is 4. The van der Waals surface area contributed by atoms with Crippen LogP contribution in [0.1, 0.15) is 47.2 Å². The Morgan fingerprint density at radius 2 is 1.72 bits per heavy atom. The smallest absolute Gasteiger partial charge is 0.335 e. The molecule has 0 spiro atoms. The predicted molar refractivity (Wildman–Crippen MR) is 132 cm³/mol. The predicted octanol–water partition coefficient (Wildman–Crippen LogP) is 4.52. The number of barbiturate groups is 1. The summed E-state index contributed by atoms with van der Waals surface area (Å²) in [4.78, 5) is 50.9. The number of rotatable bonds is 6. The van der Waals surface area contributed by atoms with Crippen LogP contribution in [-0.2, 0) is 16.2 Å². The van der Waals surface area contributed by atoms with Crippen molar-refractivity contribution in [3.05, 3.63) is 82.9 Å². The second-order valence-electron chi connectivity index (χ2n) is 8.92. The molecule has 2 aliphatic rings. The summed E-state index contributed by atoms with van der Waals surface area (Å²) in [7, 11) is 0. The maximum atomic E-state index is 13.3. The van der Waals surface area contributed by atoms with Gasteiger partial charge in [0.25, 0.3) is 11.8 Å². The van der Waals surface area contributed by atoms with E-state index in [2.05, 4.69) is 5.32 Å². The molecule has 1 saturated carbocycles. The maximum Gasteiger partial charge on any atom is 0.335 e. The number of aromatic carboxylic acids is 1. The lowest BCUT2D eigenvalue weighted by Gasteiger charge is -2.31. The molecule has 1 saturated heterocycles. The minimum absolute atomic E-state index is 0.117. The molecule has 0 unspecified atom stereocenters. The number of nitrogens with one attached hydrogen (secondary N) is 1. The second kappa shape index (κ2) is 9.65. The number of fused-ring (bicyclic) bond motifs is 1. The molecule has 8 heteroatoms. The van der Waals surface area contributed by atoms with E-state index in [4.69, 9.17) is 9.84 Å². The third kappa shape index (κ3) is 4.45. The van der Waals surface area contributed by atoms with Gasteiger partial charge in [0, 0.05) is 11.6 Å². The SMILES string of the molecule is O=C1NC(=O)N(C2CCCC2)C(=O)/C1=C/c1c(OCc2ccc(C(=O)O)cc2)ccc2ccccc12. The minimum atomic E-state index is -1.01. The Balaban J connectivity index is 1.51. The molecule has 0 aromatic heterocycles. The van der Waals surface area contributed by atoms with Gasteiger partial charge in [0.05, 0.1) is 5.56 Å². The van der Waals surface area contributed by atoms with Gasteiger partial charge in [0.2, 0.25) is 0 Å². The largest absolute Gasteiger partial charge is 0.488 e. The minimum Gasteiger partial charge on any atom is -0.488 e. The van der Waals surface area contributed by atoms with Crippen LogP contribution in [0.4, 0.5) is 4.79 Å². The molecule has 0 radical (unpaired) electrons. The number of benzene rings is 3. The molecular weight excluding hydrogens is 460 g/mol. The van der Waals surface area contributed by atoms with Crippen LogP contribution in [0.15, 0.2) is 66.2 Å². The van der Waals surface area contributed by atoms with Crippen molar-refractivity contribution < 1.29 is 29.0 Å². The first-order valence-electron chi connectivity index (χ1n) is 11.8. The Morgan fingerprint density at radius 3 is 2.44 bits per heavy atom. The first-order chi connectivity index (χ1) is 17.4. The monoisotopic (exact) mass is 484 g/mol. The van der Waals surface area contributed by atoms with E-state index in [0.29, 0.717) is 11.3 Å². The number of hydrogen-bond acceptors (Lipinski definition) is 5. The van der Waals surface area contributed by atoms with Crippen molar-refractivity contribution in [2.75, 3.05) is 0 Å². The fraction of sp³-hybridized carbons (Fsp3) is 0.214. The lowest BCUT2D eigenvalue weighted by molar-refractivity contribution is -0.131. The number of hydrogen-bond donors (Lipinski definition) is 2. The maximum absolute atomic E-state index is 13.3. The lowest BCUT2D eigenvalue weighted by Crippen LogP contribution is -2.57. The van der Waals surface area contributed by atoms with Crippen LogP contribution in [0, 0.1) is 0 Å². The highest BCUT2D eigenvalue weighted by molar-refractivity contribution is 6.31. The van der Waals surface area contributed by atoms with Crippen molar-refractivity contribution in [3.8, 4) is 5.75 Å². The normalized spacial score (nSPS) is 17.6. The Hall–Kier alpha value is -4.46. The summed E-state index contributed by atoms with van der Waals surface area (Å²) in [6.45, 7) is 0.154. The summed E-state index contributed by atoms with van der Waals surface area (Å²) < 4.78 is 6.08. The molecular formula is C28H24N2O6. The van der Waals surface area contributed by atoms with E-state index >= 15 is 0 Å². The molecule has 5 rings (SSSR count). The molecule has 2 fully saturated rings. The number of imide groups is 2. The van der Waals surface area contributed by atoms with Gasteiger partial charge < -0.3 is 9.84 Å². The molecule has 0 bridgehead atoms. The summed E-state index contributed by atoms with van der Waals surface area (Å²) in [5, 5.41) is 13.1. The van der Waals surface area contributed by atoms with E-state index in [9.17, 15) is 19.2 Å². The summed E-state index contributed by atoms with van der Waals surface area (Å²) in [5.74, 6) is -1.89. The van der Waals surface area contributed by atoms with Crippen molar-refractivity contribution in [1.82, 2.24) is 10.2 Å². The van der Waals surface area contributed by atoms with Crippen molar-refractivity contribution in [2.45, 2.75) is 38.3 Å². The van der Waals surface area contributed by atoms with E-state index in [1.54, 1.807) is 18.2 Å². The van der Waals surface area contributed by atoms with Crippen molar-refractivity contribution in [1.29, 1.82) is 0 Å². The van der Waals surface area contributed by atoms with Crippen LogP contribution in [-0.4, -0.2) is 39.9 Å². The van der Waals surface area contributed by atoms with Crippen LogP contribution in [0.25, 0.3) is 16.8 Å². The summed E-state index contributed by atoms with van der Waals surface area (Å²) >= 11 is 0. The molecule has 8 nitrogen and oxygen atoms in total. The van der Waals surface area contributed by atoms with Crippen LogP contribution in [0.2, 0.25) is 0 Å². The molecule has 1 aliphatic carbocycles. The molecule has 3 aromatic carbocycles. The van der Waals surface area contributed by atoms with Gasteiger partial charge in [-0.1, -0.05) is 55.3 Å². The highest BCUT2D eigenvalue weighted by Gasteiger charge is 2.40. The second-order valence-corrected chi connectivity index (χ2v) is 8.92. The standard InChI is InChI=1S/C28H24N2O6/c31-25-23(26(32)30(28(35)29-25)20-6-2-3-7-20)15-22-21-8-4-1-5-18(21)13-14-24(22)36-16-17-9-11-19(12-10-17)27(33)34/h1,4-5,8-15,20H,2-3,6-7,16H2,(H,33,34)(H,29,31,35)/b23-15+. The van der Waals surface area contributed by atoms with E-state index in [-0.39, 0.29) is 23.8 Å². The number of carboxylic acids is 1. The average molecular weight is 485 g/mol. The van der Waals surface area contributed by atoms with Gasteiger partial charge in [0.1, 0.15) is 17.9 Å². The van der Waals surface area contributed by atoms with Gasteiger partial charge in [-0.05, 0) is 53.5 Å². The highest BCUT2D eigenvalue weighted by Crippen LogP contribution is 2.33. The van der Waals surface area contributed by atoms with E-state index in [1.807, 2.05) is 30.3 Å². The number of urea groups is 1. The van der Waals surface area contributed by atoms with Crippen LogP contribution < -0.4 is 10.1 Å². The van der Waals surface area contributed by atoms with Gasteiger partial charge >= 0.3 is 12.0 Å². The topological polar surface area (TPSA) is 113 Å². The fourth-order valence-electron chi connectivity index (χ4n) is 4.76. The number of ether oxygens (including phenoxy) is 1. The Bertz CT molecular complexity index is 1400. The first-order valence-corrected chi connectivity index (χ1v) is 11.8. The Kier molecular flexibility index (Phi) is 6.25.